The molecule has 0 atom stereocenters. The van der Waals surface area contributed by atoms with Gasteiger partial charge in [0.25, 0.3) is 11.8 Å². The lowest BCUT2D eigenvalue weighted by atomic mass is 10.0. The second kappa shape index (κ2) is 18.6. The number of carbonyl (C=O) groups is 2. The number of anilines is 2. The molecule has 0 bridgehead atoms. The second-order valence-electron chi connectivity index (χ2n) is 14.5. The minimum Gasteiger partial charge on any atom is -0.384 e. The lowest BCUT2D eigenvalue weighted by molar-refractivity contribution is 0.0944. The van der Waals surface area contributed by atoms with E-state index in [9.17, 15) is 9.59 Å². The van der Waals surface area contributed by atoms with Crippen LogP contribution in [0.5, 0.6) is 0 Å². The van der Waals surface area contributed by atoms with Gasteiger partial charge in [0.1, 0.15) is 0 Å². The SMILES string of the molecule is CN(C)CCNC(=O)c1cccc2c(NCCCCCCCCNc3c4ccccc4nc4c(C(=O)NCCN(C)C)cccc34)c3ccccc3nc12. The molecule has 0 saturated heterocycles. The van der Waals surface area contributed by atoms with Crippen LogP contribution in [0.25, 0.3) is 43.6 Å². The Hall–Kier alpha value is -5.32. The molecule has 10 nitrogen and oxygen atoms in total. The van der Waals surface area contributed by atoms with Gasteiger partial charge in [-0.3, -0.25) is 9.59 Å². The van der Waals surface area contributed by atoms with Crippen LogP contribution in [-0.4, -0.2) is 99.0 Å². The third-order valence-electron chi connectivity index (χ3n) is 9.81. The number of hydrogen-bond donors (Lipinski definition) is 4. The normalized spacial score (nSPS) is 11.6. The number of carbonyl (C=O) groups excluding carboxylic acids is 2. The Morgan fingerprint density at radius 2 is 0.870 bits per heavy atom. The molecule has 4 aromatic carbocycles. The molecule has 10 heteroatoms. The first-order valence-electron chi connectivity index (χ1n) is 19.3. The van der Waals surface area contributed by atoms with Crippen molar-refractivity contribution in [3.8, 4) is 0 Å². The molecular formula is C44H54N8O2. The summed E-state index contributed by atoms with van der Waals surface area (Å²) >= 11 is 0. The van der Waals surface area contributed by atoms with E-state index in [2.05, 4.69) is 55.3 Å². The summed E-state index contributed by atoms with van der Waals surface area (Å²) in [5.74, 6) is -0.197. The molecule has 2 aromatic heterocycles. The first kappa shape index (κ1) is 38.4. The molecule has 0 aliphatic carbocycles. The topological polar surface area (TPSA) is 115 Å². The predicted molar refractivity (Wildman–Crippen MR) is 225 cm³/mol. The minimum atomic E-state index is -0.0984. The van der Waals surface area contributed by atoms with Crippen molar-refractivity contribution in [1.82, 2.24) is 30.4 Å². The largest absolute Gasteiger partial charge is 0.384 e. The molecule has 2 amide bonds. The monoisotopic (exact) mass is 726 g/mol. The molecule has 0 saturated carbocycles. The van der Waals surface area contributed by atoms with Crippen molar-refractivity contribution < 1.29 is 9.59 Å². The molecule has 6 aromatic rings. The molecule has 54 heavy (non-hydrogen) atoms. The fourth-order valence-electron chi connectivity index (χ4n) is 6.94. The third kappa shape index (κ3) is 9.42. The van der Waals surface area contributed by atoms with Gasteiger partial charge in [0, 0.05) is 60.8 Å². The van der Waals surface area contributed by atoms with Crippen molar-refractivity contribution in [2.75, 3.05) is 78.1 Å². The number of pyridine rings is 2. The van der Waals surface area contributed by atoms with E-state index in [0.717, 1.165) is 107 Å². The van der Waals surface area contributed by atoms with E-state index in [1.807, 2.05) is 88.9 Å². The number of fused-ring (bicyclic) bond motifs is 4. The van der Waals surface area contributed by atoms with Crippen LogP contribution in [0, 0.1) is 0 Å². The minimum absolute atomic E-state index is 0.0984. The summed E-state index contributed by atoms with van der Waals surface area (Å²) in [4.78, 5) is 40.3. The average molecular weight is 727 g/mol. The number of likely N-dealkylation sites (N-methyl/N-ethyl adjacent to an activating group) is 2. The van der Waals surface area contributed by atoms with Crippen molar-refractivity contribution in [3.05, 3.63) is 96.1 Å². The quantitative estimate of drug-likeness (QED) is 0.0501. The number of para-hydroxylation sites is 4. The Balaban J connectivity index is 1.01. The van der Waals surface area contributed by atoms with E-state index in [4.69, 9.17) is 9.97 Å². The highest BCUT2D eigenvalue weighted by Gasteiger charge is 2.17. The standard InChI is InChI=1S/C44H54N8O2/c1-51(2)29-27-47-43(53)35-21-15-19-33-39(31-17-9-11-23-37(31)49-41(33)35)45-25-13-7-5-6-8-14-26-46-40-32-18-10-12-24-38(32)50-42-34(40)20-16-22-36(42)44(54)48-28-30-52(3)4/h9-12,15-24H,5-8,13-14,25-30H2,1-4H3,(H,45,49)(H,46,50)(H,47,53)(H,48,54). The molecule has 0 aliphatic heterocycles. The zero-order valence-corrected chi connectivity index (χ0v) is 32.2. The van der Waals surface area contributed by atoms with Gasteiger partial charge >= 0.3 is 0 Å². The summed E-state index contributed by atoms with van der Waals surface area (Å²) < 4.78 is 0. The summed E-state index contributed by atoms with van der Waals surface area (Å²) in [6.07, 6.45) is 6.73. The maximum atomic E-state index is 13.2. The van der Waals surface area contributed by atoms with Gasteiger partial charge in [0.15, 0.2) is 0 Å². The van der Waals surface area contributed by atoms with Crippen molar-refractivity contribution in [1.29, 1.82) is 0 Å². The van der Waals surface area contributed by atoms with Crippen LogP contribution < -0.4 is 21.3 Å². The molecule has 0 radical (unpaired) electrons. The Labute approximate surface area is 318 Å². The Bertz CT molecular complexity index is 2060. The molecule has 0 aliphatic rings. The van der Waals surface area contributed by atoms with E-state index >= 15 is 0 Å². The number of rotatable bonds is 19. The number of unbranched alkanes of at least 4 members (excludes halogenated alkanes) is 5. The van der Waals surface area contributed by atoms with Crippen LogP contribution in [0.15, 0.2) is 84.9 Å². The highest BCUT2D eigenvalue weighted by molar-refractivity contribution is 6.15. The summed E-state index contributed by atoms with van der Waals surface area (Å²) in [5, 5.41) is 17.6. The van der Waals surface area contributed by atoms with Gasteiger partial charge in [-0.2, -0.15) is 0 Å². The maximum absolute atomic E-state index is 13.2. The second-order valence-corrected chi connectivity index (χ2v) is 14.5. The van der Waals surface area contributed by atoms with Crippen LogP contribution in [0.1, 0.15) is 59.2 Å². The number of nitrogens with zero attached hydrogens (tertiary/aromatic N) is 4. The highest BCUT2D eigenvalue weighted by Crippen LogP contribution is 2.34. The highest BCUT2D eigenvalue weighted by atomic mass is 16.2. The number of benzene rings is 4. The molecule has 6 rings (SSSR count). The van der Waals surface area contributed by atoms with Crippen LogP contribution in [0.3, 0.4) is 0 Å². The number of hydrogen-bond acceptors (Lipinski definition) is 8. The average Bonchev–Trinajstić information content (AvgIpc) is 3.17. The smallest absolute Gasteiger partial charge is 0.253 e. The van der Waals surface area contributed by atoms with Crippen LogP contribution in [0.4, 0.5) is 11.4 Å². The fourth-order valence-corrected chi connectivity index (χ4v) is 6.94. The molecule has 282 valence electrons. The zero-order valence-electron chi connectivity index (χ0n) is 32.2. The van der Waals surface area contributed by atoms with Gasteiger partial charge in [-0.1, -0.05) is 86.3 Å². The first-order valence-corrected chi connectivity index (χ1v) is 19.3. The summed E-state index contributed by atoms with van der Waals surface area (Å²) in [5.41, 5.74) is 6.49. The van der Waals surface area contributed by atoms with Crippen LogP contribution in [0.2, 0.25) is 0 Å². The van der Waals surface area contributed by atoms with E-state index in [1.54, 1.807) is 0 Å². The molecular weight excluding hydrogens is 673 g/mol. The van der Waals surface area contributed by atoms with E-state index < -0.39 is 0 Å². The van der Waals surface area contributed by atoms with Crippen molar-refractivity contribution in [2.24, 2.45) is 0 Å². The van der Waals surface area contributed by atoms with E-state index in [0.29, 0.717) is 24.2 Å². The van der Waals surface area contributed by atoms with Gasteiger partial charge in [-0.25, -0.2) is 9.97 Å². The van der Waals surface area contributed by atoms with Gasteiger partial charge in [-0.15, -0.1) is 0 Å². The molecule has 0 spiro atoms. The van der Waals surface area contributed by atoms with Crippen LogP contribution in [-0.2, 0) is 0 Å². The summed E-state index contributed by atoms with van der Waals surface area (Å²) in [6.45, 7) is 4.41. The third-order valence-corrected chi connectivity index (χ3v) is 9.81. The summed E-state index contributed by atoms with van der Waals surface area (Å²) in [6, 6.07) is 28.0. The van der Waals surface area contributed by atoms with Crippen molar-refractivity contribution in [2.45, 2.75) is 38.5 Å². The zero-order chi connectivity index (χ0) is 37.9. The Morgan fingerprint density at radius 1 is 0.481 bits per heavy atom. The molecule has 0 unspecified atom stereocenters. The molecule has 0 fully saturated rings. The van der Waals surface area contributed by atoms with Crippen molar-refractivity contribution >= 4 is 66.8 Å². The Morgan fingerprint density at radius 3 is 1.30 bits per heavy atom. The van der Waals surface area contributed by atoms with Gasteiger partial charge in [-0.05, 0) is 65.3 Å². The van der Waals surface area contributed by atoms with Gasteiger partial charge < -0.3 is 31.1 Å². The van der Waals surface area contributed by atoms with Crippen molar-refractivity contribution in [3.63, 3.8) is 0 Å². The summed E-state index contributed by atoms with van der Waals surface area (Å²) in [7, 11) is 7.98. The van der Waals surface area contributed by atoms with Gasteiger partial charge in [0.2, 0.25) is 0 Å². The van der Waals surface area contributed by atoms with E-state index in [-0.39, 0.29) is 11.8 Å². The lowest BCUT2D eigenvalue weighted by Crippen LogP contribution is -2.31. The molecule has 2 heterocycles. The van der Waals surface area contributed by atoms with Gasteiger partial charge in [0.05, 0.1) is 44.6 Å². The molecule has 4 N–H and O–H groups in total. The van der Waals surface area contributed by atoms with Crippen LogP contribution >= 0.6 is 0 Å². The lowest BCUT2D eigenvalue weighted by Gasteiger charge is -2.16. The number of nitrogens with one attached hydrogen (secondary N) is 4. The van der Waals surface area contributed by atoms with E-state index in [1.165, 1.54) is 12.8 Å². The fraction of sp³-hybridized carbons (Fsp3) is 0.364. The maximum Gasteiger partial charge on any atom is 0.253 e. The Kier molecular flexibility index (Phi) is 13.2. The number of aromatic nitrogens is 2. The predicted octanol–water partition coefficient (Wildman–Crippen LogP) is 7.54. The number of amides is 2. The first-order chi connectivity index (χ1) is 26.3.